The fraction of sp³-hybridized carbons (Fsp3) is 0.444. The molecule has 0 spiro atoms. The monoisotopic (exact) mass is 311 g/mol. The SMILES string of the molecule is O=C(C1COc2ccccc2C1)N1CCCC(c2ccn[nH]2)C1. The van der Waals surface area contributed by atoms with Crippen molar-refractivity contribution in [3.63, 3.8) is 0 Å². The summed E-state index contributed by atoms with van der Waals surface area (Å²) >= 11 is 0. The number of aromatic nitrogens is 2. The quantitative estimate of drug-likeness (QED) is 0.926. The Bertz CT molecular complexity index is 683. The Labute approximate surface area is 135 Å². The molecule has 0 aliphatic carbocycles. The molecule has 2 aliphatic heterocycles. The molecule has 4 rings (SSSR count). The van der Waals surface area contributed by atoms with E-state index in [0.717, 1.165) is 49.4 Å². The molecule has 1 amide bonds. The Kier molecular flexibility index (Phi) is 3.77. The molecule has 0 radical (unpaired) electrons. The van der Waals surface area contributed by atoms with Gasteiger partial charge in [-0.05, 0) is 37.0 Å². The van der Waals surface area contributed by atoms with Gasteiger partial charge in [-0.3, -0.25) is 9.89 Å². The van der Waals surface area contributed by atoms with E-state index in [0.29, 0.717) is 12.5 Å². The van der Waals surface area contributed by atoms with Crippen LogP contribution in [0.5, 0.6) is 5.75 Å². The molecule has 3 heterocycles. The van der Waals surface area contributed by atoms with E-state index in [2.05, 4.69) is 16.3 Å². The van der Waals surface area contributed by atoms with Crippen molar-refractivity contribution in [3.05, 3.63) is 47.8 Å². The van der Waals surface area contributed by atoms with Gasteiger partial charge in [-0.15, -0.1) is 0 Å². The molecule has 2 aromatic rings. The normalized spacial score (nSPS) is 23.9. The molecule has 0 bridgehead atoms. The zero-order valence-electron chi connectivity index (χ0n) is 13.1. The van der Waals surface area contributed by atoms with Crippen molar-refractivity contribution >= 4 is 5.91 Å². The molecular formula is C18H21N3O2. The first-order valence-electron chi connectivity index (χ1n) is 8.30. The number of fused-ring (bicyclic) bond motifs is 1. The molecule has 1 aromatic carbocycles. The average Bonchev–Trinajstić information content (AvgIpc) is 3.15. The van der Waals surface area contributed by atoms with Crippen molar-refractivity contribution < 1.29 is 9.53 Å². The number of likely N-dealkylation sites (tertiary alicyclic amines) is 1. The third-order valence-electron chi connectivity index (χ3n) is 4.92. The highest BCUT2D eigenvalue weighted by atomic mass is 16.5. The second-order valence-electron chi connectivity index (χ2n) is 6.46. The molecule has 120 valence electrons. The van der Waals surface area contributed by atoms with E-state index in [9.17, 15) is 4.79 Å². The van der Waals surface area contributed by atoms with Crippen LogP contribution in [0, 0.1) is 5.92 Å². The van der Waals surface area contributed by atoms with Crippen molar-refractivity contribution in [1.82, 2.24) is 15.1 Å². The van der Waals surface area contributed by atoms with Crippen LogP contribution < -0.4 is 4.74 Å². The summed E-state index contributed by atoms with van der Waals surface area (Å²) in [5, 5.41) is 7.08. The topological polar surface area (TPSA) is 58.2 Å². The number of rotatable bonds is 2. The molecule has 1 saturated heterocycles. The number of nitrogens with one attached hydrogen (secondary N) is 1. The van der Waals surface area contributed by atoms with Crippen LogP contribution in [0.1, 0.15) is 30.0 Å². The first-order valence-corrected chi connectivity index (χ1v) is 8.30. The number of ether oxygens (including phenoxy) is 1. The molecule has 0 saturated carbocycles. The molecule has 5 nitrogen and oxygen atoms in total. The summed E-state index contributed by atoms with van der Waals surface area (Å²) in [6.45, 7) is 2.11. The molecule has 2 atom stereocenters. The maximum atomic E-state index is 12.9. The highest BCUT2D eigenvalue weighted by Crippen LogP contribution is 2.30. The van der Waals surface area contributed by atoms with E-state index in [1.807, 2.05) is 29.2 Å². The van der Waals surface area contributed by atoms with E-state index in [1.54, 1.807) is 6.20 Å². The smallest absolute Gasteiger partial charge is 0.229 e. The van der Waals surface area contributed by atoms with Crippen molar-refractivity contribution in [2.45, 2.75) is 25.2 Å². The van der Waals surface area contributed by atoms with Crippen molar-refractivity contribution in [1.29, 1.82) is 0 Å². The van der Waals surface area contributed by atoms with Gasteiger partial charge < -0.3 is 9.64 Å². The maximum Gasteiger partial charge on any atom is 0.229 e. The van der Waals surface area contributed by atoms with Gasteiger partial charge in [0.15, 0.2) is 0 Å². The Morgan fingerprint density at radius 2 is 2.22 bits per heavy atom. The molecule has 1 N–H and O–H groups in total. The molecule has 5 heteroatoms. The Morgan fingerprint density at radius 1 is 1.30 bits per heavy atom. The van der Waals surface area contributed by atoms with Gasteiger partial charge in [-0.25, -0.2) is 0 Å². The number of carbonyl (C=O) groups is 1. The lowest BCUT2D eigenvalue weighted by molar-refractivity contribution is -0.138. The van der Waals surface area contributed by atoms with Crippen LogP contribution in [0.3, 0.4) is 0 Å². The summed E-state index contributed by atoms with van der Waals surface area (Å²) in [5.74, 6) is 1.45. The largest absolute Gasteiger partial charge is 0.492 e. The van der Waals surface area contributed by atoms with E-state index < -0.39 is 0 Å². The summed E-state index contributed by atoms with van der Waals surface area (Å²) in [7, 11) is 0. The lowest BCUT2D eigenvalue weighted by Gasteiger charge is -2.35. The molecule has 1 fully saturated rings. The molecule has 23 heavy (non-hydrogen) atoms. The van der Waals surface area contributed by atoms with Gasteiger partial charge in [-0.2, -0.15) is 5.10 Å². The van der Waals surface area contributed by atoms with Gasteiger partial charge in [0.1, 0.15) is 12.4 Å². The number of para-hydroxylation sites is 1. The lowest BCUT2D eigenvalue weighted by atomic mass is 9.91. The number of piperidine rings is 1. The summed E-state index contributed by atoms with van der Waals surface area (Å²) < 4.78 is 5.78. The van der Waals surface area contributed by atoms with E-state index >= 15 is 0 Å². The van der Waals surface area contributed by atoms with E-state index in [1.165, 1.54) is 0 Å². The standard InChI is InChI=1S/C18H21N3O2/c22-18(15-10-13-4-1-2-6-17(13)23-12-15)21-9-3-5-14(11-21)16-7-8-19-20-16/h1-2,4,6-8,14-15H,3,5,9-12H2,(H,19,20). The maximum absolute atomic E-state index is 12.9. The van der Waals surface area contributed by atoms with Crippen molar-refractivity contribution in [3.8, 4) is 5.75 Å². The first kappa shape index (κ1) is 14.3. The third kappa shape index (κ3) is 2.83. The number of aromatic amines is 1. The summed E-state index contributed by atoms with van der Waals surface area (Å²) in [6.07, 6.45) is 4.71. The average molecular weight is 311 g/mol. The van der Waals surface area contributed by atoms with Crippen LogP contribution in [0.4, 0.5) is 0 Å². The van der Waals surface area contributed by atoms with Crippen molar-refractivity contribution in [2.24, 2.45) is 5.92 Å². The zero-order valence-corrected chi connectivity index (χ0v) is 13.1. The minimum Gasteiger partial charge on any atom is -0.492 e. The predicted octanol–water partition coefficient (Wildman–Crippen LogP) is 2.37. The van der Waals surface area contributed by atoms with Gasteiger partial charge in [0, 0.05) is 30.9 Å². The van der Waals surface area contributed by atoms with Crippen LogP contribution in [0.2, 0.25) is 0 Å². The third-order valence-corrected chi connectivity index (χ3v) is 4.92. The number of amides is 1. The number of hydrogen-bond acceptors (Lipinski definition) is 3. The van der Waals surface area contributed by atoms with E-state index in [-0.39, 0.29) is 11.8 Å². The highest BCUT2D eigenvalue weighted by Gasteiger charge is 2.32. The number of hydrogen-bond donors (Lipinski definition) is 1. The second-order valence-corrected chi connectivity index (χ2v) is 6.46. The number of H-pyrrole nitrogens is 1. The fourth-order valence-electron chi connectivity index (χ4n) is 3.67. The van der Waals surface area contributed by atoms with Gasteiger partial charge >= 0.3 is 0 Å². The molecule has 2 aliphatic rings. The Hall–Kier alpha value is -2.30. The van der Waals surface area contributed by atoms with Gasteiger partial charge in [0.05, 0.1) is 5.92 Å². The van der Waals surface area contributed by atoms with Crippen LogP contribution in [-0.2, 0) is 11.2 Å². The number of nitrogens with zero attached hydrogens (tertiary/aromatic N) is 2. The zero-order chi connectivity index (χ0) is 15.6. The summed E-state index contributed by atoms with van der Waals surface area (Å²) in [4.78, 5) is 14.9. The fourth-order valence-corrected chi connectivity index (χ4v) is 3.67. The van der Waals surface area contributed by atoms with E-state index in [4.69, 9.17) is 4.74 Å². The molecule has 2 unspecified atom stereocenters. The number of benzene rings is 1. The van der Waals surface area contributed by atoms with Gasteiger partial charge in [0.25, 0.3) is 0 Å². The van der Waals surface area contributed by atoms with Crippen LogP contribution in [0.15, 0.2) is 36.5 Å². The molecule has 1 aromatic heterocycles. The highest BCUT2D eigenvalue weighted by molar-refractivity contribution is 5.80. The Morgan fingerprint density at radius 3 is 3.09 bits per heavy atom. The summed E-state index contributed by atoms with van der Waals surface area (Å²) in [6, 6.07) is 10.0. The minimum atomic E-state index is -0.0644. The minimum absolute atomic E-state index is 0.0644. The first-order chi connectivity index (χ1) is 11.3. The van der Waals surface area contributed by atoms with Crippen LogP contribution in [-0.4, -0.2) is 40.7 Å². The molecular weight excluding hydrogens is 290 g/mol. The number of carbonyl (C=O) groups excluding carboxylic acids is 1. The van der Waals surface area contributed by atoms with Gasteiger partial charge in [0.2, 0.25) is 5.91 Å². The second kappa shape index (κ2) is 6.07. The van der Waals surface area contributed by atoms with Crippen LogP contribution >= 0.6 is 0 Å². The summed E-state index contributed by atoms with van der Waals surface area (Å²) in [5.41, 5.74) is 2.27. The lowest BCUT2D eigenvalue weighted by Crippen LogP contribution is -2.45. The predicted molar refractivity (Wildman–Crippen MR) is 86.3 cm³/mol. The van der Waals surface area contributed by atoms with Gasteiger partial charge in [-0.1, -0.05) is 18.2 Å². The Balaban J connectivity index is 1.45. The van der Waals surface area contributed by atoms with Crippen LogP contribution in [0.25, 0.3) is 0 Å². The van der Waals surface area contributed by atoms with Crippen molar-refractivity contribution in [2.75, 3.05) is 19.7 Å².